The molecular formula is C17H26N2O2. The van der Waals surface area contributed by atoms with Gasteiger partial charge in [-0.15, -0.1) is 0 Å². The molecule has 0 saturated carbocycles. The number of carbonyl (C=O) groups is 2. The van der Waals surface area contributed by atoms with Crippen molar-refractivity contribution in [3.05, 3.63) is 35.9 Å². The third-order valence-electron chi connectivity index (χ3n) is 3.47. The van der Waals surface area contributed by atoms with Crippen molar-refractivity contribution in [3.8, 4) is 0 Å². The predicted molar refractivity (Wildman–Crippen MR) is 84.9 cm³/mol. The monoisotopic (exact) mass is 290 g/mol. The van der Waals surface area contributed by atoms with E-state index < -0.39 is 6.04 Å². The van der Waals surface area contributed by atoms with Gasteiger partial charge in [0, 0.05) is 19.5 Å². The Bertz CT molecular complexity index is 445. The van der Waals surface area contributed by atoms with Crippen LogP contribution < -0.4 is 5.32 Å². The first kappa shape index (κ1) is 17.2. The van der Waals surface area contributed by atoms with Crippen LogP contribution in [0.5, 0.6) is 0 Å². The van der Waals surface area contributed by atoms with E-state index in [0.717, 1.165) is 12.8 Å². The number of nitrogens with one attached hydrogen (secondary N) is 1. The molecule has 0 bridgehead atoms. The van der Waals surface area contributed by atoms with Crippen molar-refractivity contribution < 1.29 is 9.59 Å². The summed E-state index contributed by atoms with van der Waals surface area (Å²) in [6, 6.07) is 9.61. The predicted octanol–water partition coefficient (Wildman–Crippen LogP) is 2.38. The van der Waals surface area contributed by atoms with Gasteiger partial charge in [-0.25, -0.2) is 0 Å². The van der Waals surface area contributed by atoms with Crippen molar-refractivity contribution in [3.63, 3.8) is 0 Å². The van der Waals surface area contributed by atoms with Gasteiger partial charge in [-0.1, -0.05) is 37.3 Å². The van der Waals surface area contributed by atoms with Crippen molar-refractivity contribution in [1.29, 1.82) is 0 Å². The van der Waals surface area contributed by atoms with Gasteiger partial charge < -0.3 is 10.2 Å². The summed E-state index contributed by atoms with van der Waals surface area (Å²) in [5.41, 5.74) is 1.18. The molecule has 0 fully saturated rings. The molecule has 0 aliphatic heterocycles. The van der Waals surface area contributed by atoms with Crippen molar-refractivity contribution in [2.75, 3.05) is 13.1 Å². The number of nitrogens with zero attached hydrogens (tertiary/aromatic N) is 1. The van der Waals surface area contributed by atoms with Gasteiger partial charge >= 0.3 is 0 Å². The SMILES string of the molecule is CCCC(=O)N(CCc1ccccc1)[C@H](C)C(=O)NCC. The molecule has 1 aromatic carbocycles. The van der Waals surface area contributed by atoms with Gasteiger partial charge in [0.1, 0.15) is 6.04 Å². The van der Waals surface area contributed by atoms with E-state index in [9.17, 15) is 9.59 Å². The van der Waals surface area contributed by atoms with Crippen LogP contribution in [0.25, 0.3) is 0 Å². The molecule has 1 aromatic rings. The number of hydrogen-bond acceptors (Lipinski definition) is 2. The minimum absolute atomic E-state index is 0.0483. The lowest BCUT2D eigenvalue weighted by Gasteiger charge is -2.28. The molecule has 4 nitrogen and oxygen atoms in total. The second kappa shape index (κ2) is 9.16. The van der Waals surface area contributed by atoms with Crippen molar-refractivity contribution >= 4 is 11.8 Å². The normalized spacial score (nSPS) is 11.8. The highest BCUT2D eigenvalue weighted by molar-refractivity contribution is 5.87. The lowest BCUT2D eigenvalue weighted by molar-refractivity contribution is -0.139. The van der Waals surface area contributed by atoms with Crippen LogP contribution in [0.3, 0.4) is 0 Å². The Balaban J connectivity index is 2.72. The Labute approximate surface area is 127 Å². The van der Waals surface area contributed by atoms with E-state index in [4.69, 9.17) is 0 Å². The van der Waals surface area contributed by atoms with E-state index in [1.54, 1.807) is 11.8 Å². The standard InChI is InChI=1S/C17H26N2O2/c1-4-9-16(20)19(14(3)17(21)18-5-2)13-12-15-10-7-6-8-11-15/h6-8,10-11,14H,4-5,9,12-13H2,1-3H3,(H,18,21)/t14-/m1/s1. The highest BCUT2D eigenvalue weighted by atomic mass is 16.2. The highest BCUT2D eigenvalue weighted by Crippen LogP contribution is 2.08. The van der Waals surface area contributed by atoms with Crippen molar-refractivity contribution in [1.82, 2.24) is 10.2 Å². The highest BCUT2D eigenvalue weighted by Gasteiger charge is 2.24. The average molecular weight is 290 g/mol. The molecule has 1 atom stereocenters. The summed E-state index contributed by atoms with van der Waals surface area (Å²) >= 11 is 0. The van der Waals surface area contributed by atoms with E-state index in [-0.39, 0.29) is 11.8 Å². The summed E-state index contributed by atoms with van der Waals surface area (Å²) in [7, 11) is 0. The Hall–Kier alpha value is -1.84. The maximum absolute atomic E-state index is 12.3. The molecule has 2 amide bonds. The third-order valence-corrected chi connectivity index (χ3v) is 3.47. The lowest BCUT2D eigenvalue weighted by atomic mass is 10.1. The summed E-state index contributed by atoms with van der Waals surface area (Å²) in [5, 5.41) is 2.79. The van der Waals surface area contributed by atoms with E-state index >= 15 is 0 Å². The van der Waals surface area contributed by atoms with E-state index in [0.29, 0.717) is 19.5 Å². The number of rotatable bonds is 8. The largest absolute Gasteiger partial charge is 0.355 e. The zero-order valence-electron chi connectivity index (χ0n) is 13.3. The molecule has 1 rings (SSSR count). The van der Waals surface area contributed by atoms with Crippen LogP contribution in [0, 0.1) is 0 Å². The van der Waals surface area contributed by atoms with Crippen molar-refractivity contribution in [2.45, 2.75) is 46.1 Å². The fourth-order valence-corrected chi connectivity index (χ4v) is 2.25. The van der Waals surface area contributed by atoms with Gasteiger partial charge in [0.15, 0.2) is 0 Å². The van der Waals surface area contributed by atoms with Crippen LogP contribution >= 0.6 is 0 Å². The molecule has 1 N–H and O–H groups in total. The second-order valence-corrected chi connectivity index (χ2v) is 5.14. The van der Waals surface area contributed by atoms with Gasteiger partial charge in [-0.05, 0) is 32.3 Å². The van der Waals surface area contributed by atoms with Gasteiger partial charge in [-0.3, -0.25) is 9.59 Å². The van der Waals surface area contributed by atoms with Crippen LogP contribution in [0.15, 0.2) is 30.3 Å². The van der Waals surface area contributed by atoms with Gasteiger partial charge in [-0.2, -0.15) is 0 Å². The Morgan fingerprint density at radius 1 is 1.19 bits per heavy atom. The fraction of sp³-hybridized carbons (Fsp3) is 0.529. The topological polar surface area (TPSA) is 49.4 Å². The molecule has 0 heterocycles. The van der Waals surface area contributed by atoms with Crippen LogP contribution in [0.2, 0.25) is 0 Å². The Morgan fingerprint density at radius 2 is 1.86 bits per heavy atom. The molecule has 4 heteroatoms. The number of benzene rings is 1. The summed E-state index contributed by atoms with van der Waals surface area (Å²) < 4.78 is 0. The quantitative estimate of drug-likeness (QED) is 0.799. The number of hydrogen-bond donors (Lipinski definition) is 1. The zero-order chi connectivity index (χ0) is 15.7. The van der Waals surface area contributed by atoms with Gasteiger partial charge in [0.2, 0.25) is 11.8 Å². The van der Waals surface area contributed by atoms with Gasteiger partial charge in [0.05, 0.1) is 0 Å². The first-order valence-corrected chi connectivity index (χ1v) is 7.71. The van der Waals surface area contributed by atoms with Crippen LogP contribution in [-0.4, -0.2) is 35.8 Å². The molecule has 0 saturated heterocycles. The first-order valence-electron chi connectivity index (χ1n) is 7.71. The maximum atomic E-state index is 12.3. The minimum atomic E-state index is -0.423. The molecule has 0 aliphatic carbocycles. The van der Waals surface area contributed by atoms with E-state index in [2.05, 4.69) is 5.32 Å². The van der Waals surface area contributed by atoms with Crippen molar-refractivity contribution in [2.24, 2.45) is 0 Å². The smallest absolute Gasteiger partial charge is 0.242 e. The summed E-state index contributed by atoms with van der Waals surface area (Å²) in [6.45, 7) is 6.80. The Morgan fingerprint density at radius 3 is 2.43 bits per heavy atom. The molecule has 0 aliphatic rings. The molecule has 21 heavy (non-hydrogen) atoms. The number of carbonyl (C=O) groups excluding carboxylic acids is 2. The summed E-state index contributed by atoms with van der Waals surface area (Å²) in [4.78, 5) is 26.0. The number of amides is 2. The third kappa shape index (κ3) is 5.58. The van der Waals surface area contributed by atoms with E-state index in [1.165, 1.54) is 5.56 Å². The zero-order valence-corrected chi connectivity index (χ0v) is 13.3. The molecule has 0 spiro atoms. The molecule has 0 radical (unpaired) electrons. The van der Waals surface area contributed by atoms with Crippen LogP contribution in [0.4, 0.5) is 0 Å². The first-order chi connectivity index (χ1) is 10.1. The van der Waals surface area contributed by atoms with Gasteiger partial charge in [0.25, 0.3) is 0 Å². The molecular weight excluding hydrogens is 264 g/mol. The lowest BCUT2D eigenvalue weighted by Crippen LogP contribution is -2.48. The minimum Gasteiger partial charge on any atom is -0.355 e. The summed E-state index contributed by atoms with van der Waals surface area (Å²) in [5.74, 6) is -0.0396. The molecule has 0 unspecified atom stereocenters. The Kier molecular flexibility index (Phi) is 7.51. The van der Waals surface area contributed by atoms with Crippen LogP contribution in [-0.2, 0) is 16.0 Å². The summed E-state index contributed by atoms with van der Waals surface area (Å²) in [6.07, 6.45) is 2.04. The van der Waals surface area contributed by atoms with E-state index in [1.807, 2.05) is 44.2 Å². The maximum Gasteiger partial charge on any atom is 0.242 e. The molecule has 0 aromatic heterocycles. The molecule has 116 valence electrons. The fourth-order valence-electron chi connectivity index (χ4n) is 2.25. The van der Waals surface area contributed by atoms with Crippen LogP contribution in [0.1, 0.15) is 39.2 Å². The average Bonchev–Trinajstić information content (AvgIpc) is 2.49. The second-order valence-electron chi connectivity index (χ2n) is 5.14. The number of likely N-dealkylation sites (N-methyl/N-ethyl adjacent to an activating group) is 1.